The molecule has 1 saturated carbocycles. The van der Waals surface area contributed by atoms with Gasteiger partial charge in [-0.05, 0) is 98.5 Å². The van der Waals surface area contributed by atoms with E-state index in [9.17, 15) is 5.26 Å². The molecule has 0 aliphatic heterocycles. The van der Waals surface area contributed by atoms with Gasteiger partial charge in [-0.15, -0.1) is 0 Å². The molecule has 0 amide bonds. The number of fused-ring (bicyclic) bond motifs is 10. The lowest BCUT2D eigenvalue weighted by molar-refractivity contribution is 0.759. The van der Waals surface area contributed by atoms with Crippen LogP contribution in [0.4, 0.5) is 0 Å². The molecule has 0 N–H and O–H groups in total. The standard InChI is InChI=1S/C44H28N4/c45-26-27-12-14-28(15-13-27)29-16-18-31(19-17-29)41-42(47-39-11-6-22-46-43(39)48-41)44-25-38(44)35-23-32-8-4-5-9-33(32)24-36(35)40-34-10-3-1-2-7-30(34)20-21-37(40)44/h1-9,11-24,38H,10,25H2/t38-,44?/m0/s1. The van der Waals surface area contributed by atoms with Crippen LogP contribution in [0.15, 0.2) is 134 Å². The molecule has 3 aliphatic carbocycles. The number of aromatic nitrogens is 3. The molecule has 1 fully saturated rings. The number of hydrogen-bond donors (Lipinski definition) is 0. The van der Waals surface area contributed by atoms with Crippen LogP contribution in [0.5, 0.6) is 0 Å². The van der Waals surface area contributed by atoms with Crippen LogP contribution in [0, 0.1) is 11.3 Å². The van der Waals surface area contributed by atoms with Crippen molar-refractivity contribution < 1.29 is 0 Å². The molecule has 0 spiro atoms. The Morgan fingerprint density at radius 3 is 2.33 bits per heavy atom. The molecule has 4 nitrogen and oxygen atoms in total. The Kier molecular flexibility index (Phi) is 5.71. The van der Waals surface area contributed by atoms with E-state index < -0.39 is 0 Å². The Bertz CT molecular complexity index is 2570. The maximum atomic E-state index is 9.25. The minimum Gasteiger partial charge on any atom is -0.246 e. The van der Waals surface area contributed by atoms with Gasteiger partial charge in [-0.25, -0.2) is 15.0 Å². The number of pyridine rings is 1. The van der Waals surface area contributed by atoms with Crippen LogP contribution in [0.1, 0.15) is 45.8 Å². The lowest BCUT2D eigenvalue weighted by Crippen LogP contribution is -2.22. The summed E-state index contributed by atoms with van der Waals surface area (Å²) in [4.78, 5) is 15.4. The van der Waals surface area contributed by atoms with Crippen molar-refractivity contribution in [3.8, 4) is 39.6 Å². The first-order valence-electron chi connectivity index (χ1n) is 16.5. The van der Waals surface area contributed by atoms with Gasteiger partial charge in [0.15, 0.2) is 5.65 Å². The smallest absolute Gasteiger partial charge is 0.178 e. The molecule has 2 atom stereocenters. The first-order valence-corrected chi connectivity index (χ1v) is 16.5. The second-order valence-electron chi connectivity index (χ2n) is 13.1. The fourth-order valence-electron chi connectivity index (χ4n) is 8.20. The van der Waals surface area contributed by atoms with E-state index in [4.69, 9.17) is 9.97 Å². The van der Waals surface area contributed by atoms with E-state index in [2.05, 4.69) is 108 Å². The van der Waals surface area contributed by atoms with E-state index in [0.29, 0.717) is 17.1 Å². The summed E-state index contributed by atoms with van der Waals surface area (Å²) >= 11 is 0. The van der Waals surface area contributed by atoms with Gasteiger partial charge in [-0.3, -0.25) is 0 Å². The molecule has 4 heteroatoms. The highest BCUT2D eigenvalue weighted by Crippen LogP contribution is 2.71. The van der Waals surface area contributed by atoms with Crippen LogP contribution in [-0.2, 0) is 11.8 Å². The Labute approximate surface area is 278 Å². The Balaban J connectivity index is 1.21. The number of nitrogens with zero attached hydrogens (tertiary/aromatic N) is 4. The Morgan fingerprint density at radius 1 is 0.750 bits per heavy atom. The molecule has 0 bridgehead atoms. The number of hydrogen-bond acceptors (Lipinski definition) is 4. The molecule has 10 rings (SSSR count). The van der Waals surface area contributed by atoms with E-state index in [0.717, 1.165) is 46.4 Å². The lowest BCUT2D eigenvalue weighted by Gasteiger charge is -2.31. The molecule has 5 aromatic carbocycles. The van der Waals surface area contributed by atoms with Crippen LogP contribution in [-0.4, -0.2) is 15.0 Å². The topological polar surface area (TPSA) is 62.5 Å². The van der Waals surface area contributed by atoms with Crippen LogP contribution in [0.3, 0.4) is 0 Å². The quantitative estimate of drug-likeness (QED) is 0.199. The van der Waals surface area contributed by atoms with E-state index >= 15 is 0 Å². The predicted octanol–water partition coefficient (Wildman–Crippen LogP) is 9.96. The van der Waals surface area contributed by atoms with Crippen molar-refractivity contribution in [2.45, 2.75) is 24.2 Å². The third-order valence-electron chi connectivity index (χ3n) is 10.6. The molecule has 224 valence electrons. The van der Waals surface area contributed by atoms with Gasteiger partial charge < -0.3 is 0 Å². The number of benzene rings is 5. The van der Waals surface area contributed by atoms with Crippen LogP contribution >= 0.6 is 0 Å². The van der Waals surface area contributed by atoms with Gasteiger partial charge in [-0.2, -0.15) is 5.26 Å². The first kappa shape index (κ1) is 27.0. The maximum Gasteiger partial charge on any atom is 0.178 e. The lowest BCUT2D eigenvalue weighted by atomic mass is 9.72. The van der Waals surface area contributed by atoms with E-state index in [1.54, 1.807) is 6.20 Å². The predicted molar refractivity (Wildman–Crippen MR) is 192 cm³/mol. The van der Waals surface area contributed by atoms with Gasteiger partial charge in [0.25, 0.3) is 0 Å². The van der Waals surface area contributed by atoms with Gasteiger partial charge in [0.1, 0.15) is 5.52 Å². The Hall–Kier alpha value is -6.18. The van der Waals surface area contributed by atoms with E-state index in [1.165, 1.54) is 44.2 Å². The minimum absolute atomic E-state index is 0.291. The van der Waals surface area contributed by atoms with E-state index in [1.807, 2.05) is 36.4 Å². The van der Waals surface area contributed by atoms with E-state index in [-0.39, 0.29) is 5.41 Å². The van der Waals surface area contributed by atoms with Crippen LogP contribution < -0.4 is 0 Å². The highest BCUT2D eigenvalue weighted by Gasteiger charge is 2.63. The van der Waals surface area contributed by atoms with Crippen molar-refractivity contribution in [3.63, 3.8) is 0 Å². The molecule has 48 heavy (non-hydrogen) atoms. The fourth-order valence-corrected chi connectivity index (χ4v) is 8.20. The normalized spacial score (nSPS) is 18.4. The average molecular weight is 613 g/mol. The third-order valence-corrected chi connectivity index (χ3v) is 10.6. The summed E-state index contributed by atoms with van der Waals surface area (Å²) in [5.41, 5.74) is 15.0. The zero-order valence-electron chi connectivity index (χ0n) is 26.1. The summed E-state index contributed by atoms with van der Waals surface area (Å²) in [6.07, 6.45) is 12.5. The largest absolute Gasteiger partial charge is 0.246 e. The van der Waals surface area contributed by atoms with Gasteiger partial charge in [0.05, 0.1) is 23.0 Å². The van der Waals surface area contributed by atoms with Crippen molar-refractivity contribution in [1.29, 1.82) is 5.26 Å². The maximum absolute atomic E-state index is 9.25. The monoisotopic (exact) mass is 612 g/mol. The molecular weight excluding hydrogens is 585 g/mol. The second kappa shape index (κ2) is 10.2. The molecule has 2 aromatic heterocycles. The average Bonchev–Trinajstić information content (AvgIpc) is 3.95. The molecule has 2 heterocycles. The number of allylic oxidation sites excluding steroid dienone is 3. The Morgan fingerprint density at radius 2 is 1.52 bits per heavy atom. The van der Waals surface area contributed by atoms with Crippen LogP contribution in [0.25, 0.3) is 61.5 Å². The van der Waals surface area contributed by atoms with Gasteiger partial charge >= 0.3 is 0 Å². The fraction of sp³-hybridized carbons (Fsp3) is 0.0909. The highest BCUT2D eigenvalue weighted by atomic mass is 14.9. The van der Waals surface area contributed by atoms with Crippen molar-refractivity contribution in [2.24, 2.45) is 0 Å². The zero-order chi connectivity index (χ0) is 31.8. The van der Waals surface area contributed by atoms with Gasteiger partial charge in [0.2, 0.25) is 0 Å². The van der Waals surface area contributed by atoms with Gasteiger partial charge in [0, 0.05) is 23.1 Å². The van der Waals surface area contributed by atoms with Crippen molar-refractivity contribution in [1.82, 2.24) is 15.0 Å². The summed E-state index contributed by atoms with van der Waals surface area (Å²) in [6.45, 7) is 0. The second-order valence-corrected chi connectivity index (χ2v) is 13.1. The number of rotatable bonds is 3. The molecule has 0 saturated heterocycles. The summed E-state index contributed by atoms with van der Waals surface area (Å²) < 4.78 is 0. The summed E-state index contributed by atoms with van der Waals surface area (Å²) in [7, 11) is 0. The van der Waals surface area contributed by atoms with Crippen molar-refractivity contribution in [2.75, 3.05) is 0 Å². The molecular formula is C44H28N4. The minimum atomic E-state index is -0.308. The summed E-state index contributed by atoms with van der Waals surface area (Å²) in [5, 5.41) is 11.8. The van der Waals surface area contributed by atoms with Crippen LogP contribution in [0.2, 0.25) is 0 Å². The zero-order valence-corrected chi connectivity index (χ0v) is 26.1. The molecule has 1 unspecified atom stereocenters. The SMILES string of the molecule is N#Cc1ccc(-c2ccc(-c3nc4ncccc4nc3C34C[C@H]3c3cc5ccccc5cc3-c3c4ccc4c3CC=CC=C4)cc2)cc1. The molecule has 0 radical (unpaired) electrons. The first-order chi connectivity index (χ1) is 23.7. The van der Waals surface area contributed by atoms with Gasteiger partial charge in [-0.1, -0.05) is 103 Å². The highest BCUT2D eigenvalue weighted by molar-refractivity contribution is 5.95. The molecule has 7 aromatic rings. The molecule has 3 aliphatic rings. The van der Waals surface area contributed by atoms with Crippen molar-refractivity contribution in [3.05, 3.63) is 167 Å². The van der Waals surface area contributed by atoms with Crippen molar-refractivity contribution >= 4 is 28.0 Å². The number of nitriles is 1. The third kappa shape index (κ3) is 3.91. The summed E-state index contributed by atoms with van der Waals surface area (Å²) in [5.74, 6) is 0.291. The summed E-state index contributed by atoms with van der Waals surface area (Å²) in [6, 6.07) is 40.8.